The van der Waals surface area contributed by atoms with Crippen LogP contribution in [0.5, 0.6) is 0 Å². The van der Waals surface area contributed by atoms with Gasteiger partial charge in [-0.05, 0) is 38.5 Å². The predicted octanol–water partition coefficient (Wildman–Crippen LogP) is 2.85. The average Bonchev–Trinajstić information content (AvgIpc) is 3.40. The third kappa shape index (κ3) is 3.31. The minimum Gasteiger partial charge on any atom is -0.350 e. The molecule has 2 fully saturated rings. The van der Waals surface area contributed by atoms with E-state index in [2.05, 4.69) is 30.6 Å². The van der Waals surface area contributed by atoms with Gasteiger partial charge >= 0.3 is 0 Å². The summed E-state index contributed by atoms with van der Waals surface area (Å²) in [4.78, 5) is 11.5. The smallest absolute Gasteiger partial charge is 0.231 e. The van der Waals surface area contributed by atoms with Crippen LogP contribution in [0, 0.1) is 25.5 Å². The molecule has 0 amide bonds. The summed E-state index contributed by atoms with van der Waals surface area (Å²) < 4.78 is 28.7. The van der Waals surface area contributed by atoms with Crippen molar-refractivity contribution in [3.05, 3.63) is 53.4 Å². The van der Waals surface area contributed by atoms with Gasteiger partial charge in [0.2, 0.25) is 5.95 Å². The molecule has 0 spiro atoms. The number of benzene rings is 1. The normalized spacial score (nSPS) is 20.5. The van der Waals surface area contributed by atoms with E-state index in [1.807, 2.05) is 26.0 Å². The SMILES string of the molecule is Cc1cc(C)n(-c2cc(N3C[C@H]4C[C@@H]3CN4)nc(Nc3ccc(F)c(F)c3)n2)n1. The monoisotopic (exact) mass is 397 g/mol. The van der Waals surface area contributed by atoms with Crippen molar-refractivity contribution >= 4 is 17.5 Å². The lowest BCUT2D eigenvalue weighted by Crippen LogP contribution is -2.44. The largest absolute Gasteiger partial charge is 0.350 e. The summed E-state index contributed by atoms with van der Waals surface area (Å²) in [5, 5.41) is 11.0. The first kappa shape index (κ1) is 18.0. The molecule has 2 saturated heterocycles. The molecule has 2 aromatic heterocycles. The maximum absolute atomic E-state index is 13.6. The molecule has 9 heteroatoms. The van der Waals surface area contributed by atoms with Gasteiger partial charge in [-0.25, -0.2) is 13.5 Å². The van der Waals surface area contributed by atoms with E-state index in [4.69, 9.17) is 0 Å². The van der Waals surface area contributed by atoms with Gasteiger partial charge in [-0.3, -0.25) is 0 Å². The minimum absolute atomic E-state index is 0.312. The number of fused-ring (bicyclic) bond motifs is 2. The van der Waals surface area contributed by atoms with Crippen molar-refractivity contribution in [2.75, 3.05) is 23.3 Å². The Morgan fingerprint density at radius 2 is 1.90 bits per heavy atom. The highest BCUT2D eigenvalue weighted by Gasteiger charge is 2.38. The van der Waals surface area contributed by atoms with Crippen molar-refractivity contribution in [2.45, 2.75) is 32.4 Å². The van der Waals surface area contributed by atoms with E-state index in [1.54, 1.807) is 4.68 Å². The molecule has 29 heavy (non-hydrogen) atoms. The first-order valence-corrected chi connectivity index (χ1v) is 9.61. The topological polar surface area (TPSA) is 70.9 Å². The van der Waals surface area contributed by atoms with Gasteiger partial charge in [0.1, 0.15) is 5.82 Å². The number of rotatable bonds is 4. The summed E-state index contributed by atoms with van der Waals surface area (Å²) in [6.07, 6.45) is 1.09. The molecule has 3 aromatic rings. The highest BCUT2D eigenvalue weighted by molar-refractivity contribution is 5.58. The van der Waals surface area contributed by atoms with Crippen LogP contribution >= 0.6 is 0 Å². The number of nitrogens with one attached hydrogen (secondary N) is 2. The third-order valence-corrected chi connectivity index (χ3v) is 5.45. The molecule has 2 aliphatic heterocycles. The molecule has 7 nitrogen and oxygen atoms in total. The summed E-state index contributed by atoms with van der Waals surface area (Å²) in [6, 6.07) is 8.39. The molecule has 0 saturated carbocycles. The number of hydrogen-bond acceptors (Lipinski definition) is 6. The molecule has 0 radical (unpaired) electrons. The molecule has 2 atom stereocenters. The Balaban J connectivity index is 1.56. The van der Waals surface area contributed by atoms with Crippen molar-refractivity contribution in [3.63, 3.8) is 0 Å². The maximum atomic E-state index is 13.6. The van der Waals surface area contributed by atoms with E-state index in [0.29, 0.717) is 29.5 Å². The molecular formula is C20H21F2N7. The zero-order valence-electron chi connectivity index (χ0n) is 16.2. The lowest BCUT2D eigenvalue weighted by atomic mass is 10.2. The van der Waals surface area contributed by atoms with Gasteiger partial charge in [-0.2, -0.15) is 15.1 Å². The number of piperazine rings is 1. The first-order valence-electron chi connectivity index (χ1n) is 9.61. The van der Waals surface area contributed by atoms with E-state index in [0.717, 1.165) is 48.8 Å². The van der Waals surface area contributed by atoms with Gasteiger partial charge in [0.05, 0.1) is 5.69 Å². The molecule has 0 aliphatic carbocycles. The Morgan fingerprint density at radius 1 is 1.07 bits per heavy atom. The fraction of sp³-hybridized carbons (Fsp3) is 0.350. The van der Waals surface area contributed by atoms with Crippen molar-refractivity contribution in [2.24, 2.45) is 0 Å². The van der Waals surface area contributed by atoms with E-state index in [9.17, 15) is 8.78 Å². The van der Waals surface area contributed by atoms with Gasteiger partial charge in [0.25, 0.3) is 0 Å². The second kappa shape index (κ2) is 6.77. The molecule has 2 bridgehead atoms. The fourth-order valence-electron chi connectivity index (χ4n) is 4.14. The highest BCUT2D eigenvalue weighted by Crippen LogP contribution is 2.30. The molecule has 2 N–H and O–H groups in total. The van der Waals surface area contributed by atoms with Crippen molar-refractivity contribution in [1.29, 1.82) is 0 Å². The van der Waals surface area contributed by atoms with Crippen LogP contribution in [0.15, 0.2) is 30.3 Å². The summed E-state index contributed by atoms with van der Waals surface area (Å²) in [5.74, 6) is -0.0863. The fourth-order valence-corrected chi connectivity index (χ4v) is 4.14. The summed E-state index contributed by atoms with van der Waals surface area (Å²) in [5.41, 5.74) is 2.22. The Bertz CT molecular complexity index is 1080. The average molecular weight is 397 g/mol. The van der Waals surface area contributed by atoms with Crippen LogP contribution < -0.4 is 15.5 Å². The number of aryl methyl sites for hydroxylation is 2. The van der Waals surface area contributed by atoms with Gasteiger partial charge in [-0.1, -0.05) is 0 Å². The van der Waals surface area contributed by atoms with Crippen LogP contribution in [0.25, 0.3) is 5.82 Å². The summed E-state index contributed by atoms with van der Waals surface area (Å²) in [6.45, 7) is 5.70. The van der Waals surface area contributed by atoms with Gasteiger partial charge in [0.15, 0.2) is 17.5 Å². The van der Waals surface area contributed by atoms with Crippen molar-refractivity contribution in [1.82, 2.24) is 25.1 Å². The molecule has 5 rings (SSSR count). The molecular weight excluding hydrogens is 376 g/mol. The van der Waals surface area contributed by atoms with Crippen LogP contribution in [0.4, 0.5) is 26.2 Å². The Labute approximate surface area is 166 Å². The summed E-state index contributed by atoms with van der Waals surface area (Å²) >= 11 is 0. The number of nitrogens with zero attached hydrogens (tertiary/aromatic N) is 5. The minimum atomic E-state index is -0.923. The number of anilines is 3. The molecule has 0 unspecified atom stereocenters. The van der Waals surface area contributed by atoms with E-state index in [1.165, 1.54) is 6.07 Å². The van der Waals surface area contributed by atoms with Crippen molar-refractivity contribution in [3.8, 4) is 5.82 Å². The van der Waals surface area contributed by atoms with Crippen LogP contribution in [-0.4, -0.2) is 44.9 Å². The van der Waals surface area contributed by atoms with Crippen LogP contribution in [-0.2, 0) is 0 Å². The number of halogens is 2. The Morgan fingerprint density at radius 3 is 2.55 bits per heavy atom. The molecule has 1 aromatic carbocycles. The standard InChI is InChI=1S/C20H21F2N7/c1-11-5-12(2)29(27-11)19-8-18(28-10-14-6-15(28)9-23-14)25-20(26-19)24-13-3-4-16(21)17(22)7-13/h3-5,7-8,14-15,23H,6,9-10H2,1-2H3,(H,24,25,26)/t14-,15-/m1/s1. The maximum Gasteiger partial charge on any atom is 0.231 e. The zero-order valence-corrected chi connectivity index (χ0v) is 16.2. The van der Waals surface area contributed by atoms with Crippen LogP contribution in [0.3, 0.4) is 0 Å². The first-order chi connectivity index (χ1) is 14.0. The highest BCUT2D eigenvalue weighted by atomic mass is 19.2. The lowest BCUT2D eigenvalue weighted by molar-refractivity contribution is 0.509. The van der Waals surface area contributed by atoms with Gasteiger partial charge in [0, 0.05) is 48.7 Å². The molecule has 4 heterocycles. The van der Waals surface area contributed by atoms with E-state index in [-0.39, 0.29) is 0 Å². The third-order valence-electron chi connectivity index (χ3n) is 5.45. The lowest BCUT2D eigenvalue weighted by Gasteiger charge is -2.29. The second-order valence-electron chi connectivity index (χ2n) is 7.65. The van der Waals surface area contributed by atoms with Crippen LogP contribution in [0.2, 0.25) is 0 Å². The number of aromatic nitrogens is 4. The number of hydrogen-bond donors (Lipinski definition) is 2. The zero-order chi connectivity index (χ0) is 20.1. The van der Waals surface area contributed by atoms with E-state index < -0.39 is 11.6 Å². The van der Waals surface area contributed by atoms with Crippen LogP contribution in [0.1, 0.15) is 17.8 Å². The van der Waals surface area contributed by atoms with E-state index >= 15 is 0 Å². The quantitative estimate of drug-likeness (QED) is 0.706. The Hall–Kier alpha value is -3.07. The van der Waals surface area contributed by atoms with Gasteiger partial charge < -0.3 is 15.5 Å². The molecule has 150 valence electrons. The predicted molar refractivity (Wildman–Crippen MR) is 106 cm³/mol. The second-order valence-corrected chi connectivity index (χ2v) is 7.65. The summed E-state index contributed by atoms with van der Waals surface area (Å²) in [7, 11) is 0. The molecule has 2 aliphatic rings. The Kier molecular flexibility index (Phi) is 4.20. The van der Waals surface area contributed by atoms with Gasteiger partial charge in [-0.15, -0.1) is 0 Å². The van der Waals surface area contributed by atoms with Crippen molar-refractivity contribution < 1.29 is 8.78 Å².